The van der Waals surface area contributed by atoms with E-state index >= 15 is 0 Å². The average Bonchev–Trinajstić information content (AvgIpc) is 2.59. The van der Waals surface area contributed by atoms with E-state index in [-0.39, 0.29) is 0 Å². The maximum atomic E-state index is 4.08. The molecule has 2 heteroatoms. The second-order valence-electron chi connectivity index (χ2n) is 3.45. The lowest BCUT2D eigenvalue weighted by Crippen LogP contribution is -1.86. The van der Waals surface area contributed by atoms with Crippen molar-refractivity contribution in [2.24, 2.45) is 0 Å². The zero-order valence-electron chi connectivity index (χ0n) is 8.09. The van der Waals surface area contributed by atoms with E-state index in [4.69, 9.17) is 0 Å². The van der Waals surface area contributed by atoms with E-state index in [0.29, 0.717) is 0 Å². The maximum absolute atomic E-state index is 4.08. The highest BCUT2D eigenvalue weighted by atomic mass is 15.1. The Kier molecular flexibility index (Phi) is 2.05. The van der Waals surface area contributed by atoms with Crippen molar-refractivity contribution in [1.82, 2.24) is 10.2 Å². The fraction of sp³-hybridized carbons (Fsp3) is 0.364. The van der Waals surface area contributed by atoms with Gasteiger partial charge in [0.05, 0.1) is 11.7 Å². The van der Waals surface area contributed by atoms with Crippen LogP contribution in [-0.2, 0) is 6.42 Å². The van der Waals surface area contributed by atoms with Crippen LogP contribution in [0, 0.1) is 6.92 Å². The van der Waals surface area contributed by atoms with E-state index in [1.807, 2.05) is 6.20 Å². The van der Waals surface area contributed by atoms with Gasteiger partial charge in [0, 0.05) is 5.39 Å². The number of aromatic nitrogens is 2. The number of aromatic amines is 1. The molecule has 1 aromatic carbocycles. The van der Waals surface area contributed by atoms with Gasteiger partial charge in [0.2, 0.25) is 0 Å². The first-order chi connectivity index (χ1) is 6.33. The van der Waals surface area contributed by atoms with Gasteiger partial charge in [-0.3, -0.25) is 5.10 Å². The summed E-state index contributed by atoms with van der Waals surface area (Å²) in [5, 5.41) is 8.40. The molecule has 0 unspecified atom stereocenters. The predicted octanol–water partition coefficient (Wildman–Crippen LogP) is 2.82. The fourth-order valence-corrected chi connectivity index (χ4v) is 1.71. The summed E-state index contributed by atoms with van der Waals surface area (Å²) < 4.78 is 0. The van der Waals surface area contributed by atoms with Crippen molar-refractivity contribution in [1.29, 1.82) is 0 Å². The Labute approximate surface area is 78.0 Å². The van der Waals surface area contributed by atoms with Gasteiger partial charge < -0.3 is 0 Å². The van der Waals surface area contributed by atoms with Gasteiger partial charge >= 0.3 is 0 Å². The number of aryl methyl sites for hydroxylation is 2. The minimum Gasteiger partial charge on any atom is -0.278 e. The molecular formula is C11H14N2. The third kappa shape index (κ3) is 1.32. The number of nitrogens with zero attached hydrogens (tertiary/aromatic N) is 1. The molecule has 1 aromatic heterocycles. The standard InChI is InChI=1S/C11H14N2/c1-3-4-9-6-5-8(2)10-7-12-13-11(9)10/h5-7H,3-4H2,1-2H3,(H,12,13). The molecule has 0 aliphatic heterocycles. The molecule has 2 rings (SSSR count). The second kappa shape index (κ2) is 3.21. The predicted molar refractivity (Wildman–Crippen MR) is 54.8 cm³/mol. The smallest absolute Gasteiger partial charge is 0.0684 e. The number of rotatable bonds is 2. The Morgan fingerprint density at radius 1 is 1.38 bits per heavy atom. The lowest BCUT2D eigenvalue weighted by molar-refractivity contribution is 0.924. The molecular weight excluding hydrogens is 160 g/mol. The van der Waals surface area contributed by atoms with Crippen LogP contribution in [0.1, 0.15) is 24.5 Å². The summed E-state index contributed by atoms with van der Waals surface area (Å²) in [5.41, 5.74) is 3.88. The monoisotopic (exact) mass is 174 g/mol. The summed E-state index contributed by atoms with van der Waals surface area (Å²) in [7, 11) is 0. The zero-order chi connectivity index (χ0) is 9.26. The van der Waals surface area contributed by atoms with Crippen molar-refractivity contribution < 1.29 is 0 Å². The Hall–Kier alpha value is -1.31. The van der Waals surface area contributed by atoms with Gasteiger partial charge in [-0.15, -0.1) is 0 Å². The first kappa shape index (κ1) is 8.30. The molecule has 0 amide bonds. The van der Waals surface area contributed by atoms with Gasteiger partial charge in [0.15, 0.2) is 0 Å². The van der Waals surface area contributed by atoms with Crippen molar-refractivity contribution in [3.63, 3.8) is 0 Å². The van der Waals surface area contributed by atoms with Gasteiger partial charge in [-0.05, 0) is 24.5 Å². The number of nitrogens with one attached hydrogen (secondary N) is 1. The van der Waals surface area contributed by atoms with Gasteiger partial charge in [-0.25, -0.2) is 0 Å². The van der Waals surface area contributed by atoms with E-state index < -0.39 is 0 Å². The lowest BCUT2D eigenvalue weighted by Gasteiger charge is -2.02. The SMILES string of the molecule is CCCc1ccc(C)c2cn[nH]c12. The zero-order valence-corrected chi connectivity index (χ0v) is 8.09. The Bertz CT molecular complexity index is 415. The molecule has 68 valence electrons. The van der Waals surface area contributed by atoms with Crippen molar-refractivity contribution in [3.05, 3.63) is 29.5 Å². The third-order valence-electron chi connectivity index (χ3n) is 2.44. The summed E-state index contributed by atoms with van der Waals surface area (Å²) >= 11 is 0. The van der Waals surface area contributed by atoms with E-state index in [0.717, 1.165) is 6.42 Å². The van der Waals surface area contributed by atoms with Crippen LogP contribution in [0.2, 0.25) is 0 Å². The van der Waals surface area contributed by atoms with Crippen LogP contribution >= 0.6 is 0 Å². The van der Waals surface area contributed by atoms with Gasteiger partial charge in [0.1, 0.15) is 0 Å². The number of H-pyrrole nitrogens is 1. The second-order valence-corrected chi connectivity index (χ2v) is 3.45. The molecule has 2 nitrogen and oxygen atoms in total. The number of hydrogen-bond acceptors (Lipinski definition) is 1. The molecule has 0 aliphatic rings. The molecule has 1 heterocycles. The van der Waals surface area contributed by atoms with Gasteiger partial charge in [-0.1, -0.05) is 25.5 Å². The van der Waals surface area contributed by atoms with Crippen LogP contribution < -0.4 is 0 Å². The van der Waals surface area contributed by atoms with Gasteiger partial charge in [-0.2, -0.15) is 5.10 Å². The number of fused-ring (bicyclic) bond motifs is 1. The molecule has 1 N–H and O–H groups in total. The number of benzene rings is 1. The molecule has 13 heavy (non-hydrogen) atoms. The largest absolute Gasteiger partial charge is 0.278 e. The summed E-state index contributed by atoms with van der Waals surface area (Å²) in [6.07, 6.45) is 4.21. The van der Waals surface area contributed by atoms with Crippen LogP contribution in [0.25, 0.3) is 10.9 Å². The Balaban J connectivity index is 2.64. The molecule has 2 aromatic rings. The first-order valence-corrected chi connectivity index (χ1v) is 4.74. The Morgan fingerprint density at radius 3 is 3.00 bits per heavy atom. The molecule has 0 aliphatic carbocycles. The van der Waals surface area contributed by atoms with Crippen LogP contribution in [0.15, 0.2) is 18.3 Å². The maximum Gasteiger partial charge on any atom is 0.0684 e. The molecule has 0 spiro atoms. The van der Waals surface area contributed by atoms with Crippen LogP contribution in [-0.4, -0.2) is 10.2 Å². The van der Waals surface area contributed by atoms with Crippen molar-refractivity contribution in [2.75, 3.05) is 0 Å². The average molecular weight is 174 g/mol. The highest BCUT2D eigenvalue weighted by Gasteiger charge is 2.03. The van der Waals surface area contributed by atoms with Gasteiger partial charge in [0.25, 0.3) is 0 Å². The summed E-state index contributed by atoms with van der Waals surface area (Å²) in [4.78, 5) is 0. The normalized spacial score (nSPS) is 10.9. The number of hydrogen-bond donors (Lipinski definition) is 1. The summed E-state index contributed by atoms with van der Waals surface area (Å²) in [6.45, 7) is 4.32. The van der Waals surface area contributed by atoms with Crippen molar-refractivity contribution in [2.45, 2.75) is 26.7 Å². The minimum absolute atomic E-state index is 1.12. The van der Waals surface area contributed by atoms with Crippen LogP contribution in [0.3, 0.4) is 0 Å². The summed E-state index contributed by atoms with van der Waals surface area (Å²) in [5.74, 6) is 0. The quantitative estimate of drug-likeness (QED) is 0.745. The van der Waals surface area contributed by atoms with Crippen molar-refractivity contribution in [3.8, 4) is 0 Å². The fourth-order valence-electron chi connectivity index (χ4n) is 1.71. The van der Waals surface area contributed by atoms with Crippen molar-refractivity contribution >= 4 is 10.9 Å². The molecule has 0 radical (unpaired) electrons. The summed E-state index contributed by atoms with van der Waals surface area (Å²) in [6, 6.07) is 4.36. The minimum atomic E-state index is 1.12. The lowest BCUT2D eigenvalue weighted by atomic mass is 10.0. The third-order valence-corrected chi connectivity index (χ3v) is 2.44. The molecule has 0 saturated heterocycles. The van der Waals surface area contributed by atoms with E-state index in [2.05, 4.69) is 36.2 Å². The van der Waals surface area contributed by atoms with E-state index in [9.17, 15) is 0 Å². The molecule has 0 saturated carbocycles. The Morgan fingerprint density at radius 2 is 2.23 bits per heavy atom. The van der Waals surface area contributed by atoms with E-state index in [1.54, 1.807) is 0 Å². The van der Waals surface area contributed by atoms with Crippen LogP contribution in [0.4, 0.5) is 0 Å². The topological polar surface area (TPSA) is 28.7 Å². The molecule has 0 bridgehead atoms. The highest BCUT2D eigenvalue weighted by molar-refractivity contribution is 5.84. The molecule has 0 atom stereocenters. The highest BCUT2D eigenvalue weighted by Crippen LogP contribution is 2.20. The van der Waals surface area contributed by atoms with E-state index in [1.165, 1.54) is 28.5 Å². The molecule has 0 fully saturated rings. The van der Waals surface area contributed by atoms with Crippen LogP contribution in [0.5, 0.6) is 0 Å². The first-order valence-electron chi connectivity index (χ1n) is 4.74.